The second kappa shape index (κ2) is 9.19. The van der Waals surface area contributed by atoms with E-state index in [-0.39, 0.29) is 18.2 Å². The monoisotopic (exact) mass is 406 g/mol. The molecule has 28 heavy (non-hydrogen) atoms. The minimum atomic E-state index is -3.75. The van der Waals surface area contributed by atoms with Crippen LogP contribution >= 0.6 is 0 Å². The van der Waals surface area contributed by atoms with Crippen molar-refractivity contribution >= 4 is 21.6 Å². The van der Waals surface area contributed by atoms with Crippen molar-refractivity contribution in [3.63, 3.8) is 0 Å². The fourth-order valence-corrected chi connectivity index (χ4v) is 4.29. The van der Waals surface area contributed by atoms with Crippen LogP contribution in [0.15, 0.2) is 48.5 Å². The maximum Gasteiger partial charge on any atom is 0.244 e. The first-order valence-electron chi connectivity index (χ1n) is 9.31. The SMILES string of the molecule is CCc1ccc([C@H](C)NC(=O)[C@H](CC)N(c2ccc(F)cc2)S(C)(=O)=O)cc1. The second-order valence-electron chi connectivity index (χ2n) is 6.78. The van der Waals surface area contributed by atoms with Crippen LogP contribution in [0.25, 0.3) is 0 Å². The topological polar surface area (TPSA) is 66.5 Å². The summed E-state index contributed by atoms with van der Waals surface area (Å²) in [4.78, 5) is 12.9. The number of carbonyl (C=O) groups excluding carboxylic acids is 1. The Bertz CT molecular complexity index is 896. The van der Waals surface area contributed by atoms with Crippen LogP contribution in [-0.2, 0) is 21.2 Å². The van der Waals surface area contributed by atoms with Gasteiger partial charge < -0.3 is 5.32 Å². The highest BCUT2D eigenvalue weighted by molar-refractivity contribution is 7.92. The number of benzene rings is 2. The van der Waals surface area contributed by atoms with E-state index in [1.165, 1.54) is 29.8 Å². The number of carbonyl (C=O) groups is 1. The molecule has 0 aliphatic carbocycles. The molecule has 0 heterocycles. The number of hydrogen-bond donors (Lipinski definition) is 1. The lowest BCUT2D eigenvalue weighted by molar-refractivity contribution is -0.122. The number of amides is 1. The van der Waals surface area contributed by atoms with Crippen LogP contribution in [-0.4, -0.2) is 26.6 Å². The highest BCUT2D eigenvalue weighted by atomic mass is 32.2. The molecule has 1 amide bonds. The maximum absolute atomic E-state index is 13.3. The minimum absolute atomic E-state index is 0.255. The Morgan fingerprint density at radius 1 is 1.07 bits per heavy atom. The molecule has 0 bridgehead atoms. The molecule has 152 valence electrons. The van der Waals surface area contributed by atoms with Crippen molar-refractivity contribution in [2.24, 2.45) is 0 Å². The molecule has 5 nitrogen and oxygen atoms in total. The van der Waals surface area contributed by atoms with Gasteiger partial charge in [0.25, 0.3) is 0 Å². The smallest absolute Gasteiger partial charge is 0.244 e. The lowest BCUT2D eigenvalue weighted by atomic mass is 10.0. The molecule has 0 saturated carbocycles. The van der Waals surface area contributed by atoms with Gasteiger partial charge in [-0.05, 0) is 55.2 Å². The van der Waals surface area contributed by atoms with Crippen LogP contribution in [0, 0.1) is 5.82 Å². The van der Waals surface area contributed by atoms with Gasteiger partial charge in [0.05, 0.1) is 18.0 Å². The Balaban J connectivity index is 2.26. The van der Waals surface area contributed by atoms with E-state index in [0.29, 0.717) is 0 Å². The zero-order valence-corrected chi connectivity index (χ0v) is 17.5. The standard InChI is InChI=1S/C21H27FN2O3S/c1-5-16-7-9-17(10-8-16)15(3)23-21(25)20(6-2)24(28(4,26)27)19-13-11-18(22)12-14-19/h7-15,20H,5-6H2,1-4H3,(H,23,25)/t15-,20-/m0/s1. The lowest BCUT2D eigenvalue weighted by Crippen LogP contribution is -2.49. The Labute approximate surface area is 166 Å². The van der Waals surface area contributed by atoms with Gasteiger partial charge >= 0.3 is 0 Å². The Morgan fingerprint density at radius 3 is 2.11 bits per heavy atom. The van der Waals surface area contributed by atoms with Gasteiger partial charge in [0, 0.05) is 0 Å². The third kappa shape index (κ3) is 5.32. The van der Waals surface area contributed by atoms with E-state index < -0.39 is 27.8 Å². The van der Waals surface area contributed by atoms with Gasteiger partial charge in [-0.15, -0.1) is 0 Å². The van der Waals surface area contributed by atoms with Crippen molar-refractivity contribution in [2.75, 3.05) is 10.6 Å². The third-order valence-corrected chi connectivity index (χ3v) is 5.84. The van der Waals surface area contributed by atoms with Crippen molar-refractivity contribution in [1.82, 2.24) is 5.32 Å². The Hall–Kier alpha value is -2.41. The van der Waals surface area contributed by atoms with E-state index in [0.717, 1.165) is 22.5 Å². The predicted octanol–water partition coefficient (Wildman–Crippen LogP) is 3.81. The van der Waals surface area contributed by atoms with Crippen molar-refractivity contribution in [3.8, 4) is 0 Å². The average Bonchev–Trinajstić information content (AvgIpc) is 2.66. The van der Waals surface area contributed by atoms with Crippen molar-refractivity contribution in [2.45, 2.75) is 45.7 Å². The first-order chi connectivity index (χ1) is 13.2. The second-order valence-corrected chi connectivity index (χ2v) is 8.64. The number of hydrogen-bond acceptors (Lipinski definition) is 3. The summed E-state index contributed by atoms with van der Waals surface area (Å²) in [6.07, 6.45) is 2.25. The van der Waals surface area contributed by atoms with Crippen LogP contribution in [0.2, 0.25) is 0 Å². The van der Waals surface area contributed by atoms with Crippen LogP contribution in [0.1, 0.15) is 44.4 Å². The van der Waals surface area contributed by atoms with Crippen LogP contribution < -0.4 is 9.62 Å². The third-order valence-electron chi connectivity index (χ3n) is 4.66. The number of nitrogens with one attached hydrogen (secondary N) is 1. The van der Waals surface area contributed by atoms with Gasteiger partial charge in [-0.1, -0.05) is 38.1 Å². The number of rotatable bonds is 8. The summed E-state index contributed by atoms with van der Waals surface area (Å²) in [5, 5.41) is 2.90. The zero-order chi connectivity index (χ0) is 20.9. The van der Waals surface area contributed by atoms with Crippen molar-refractivity contribution < 1.29 is 17.6 Å². The molecular weight excluding hydrogens is 379 g/mol. The molecule has 0 fully saturated rings. The van der Waals surface area contributed by atoms with Crippen molar-refractivity contribution in [3.05, 3.63) is 65.5 Å². The largest absolute Gasteiger partial charge is 0.348 e. The minimum Gasteiger partial charge on any atom is -0.348 e. The van der Waals surface area contributed by atoms with Gasteiger partial charge in [0.1, 0.15) is 11.9 Å². The van der Waals surface area contributed by atoms with Gasteiger partial charge in [0.2, 0.25) is 15.9 Å². The number of anilines is 1. The number of nitrogens with zero attached hydrogens (tertiary/aromatic N) is 1. The molecule has 0 aliphatic heterocycles. The van der Waals surface area contributed by atoms with Gasteiger partial charge in [-0.2, -0.15) is 0 Å². The van der Waals surface area contributed by atoms with E-state index in [1.54, 1.807) is 6.92 Å². The quantitative estimate of drug-likeness (QED) is 0.725. The van der Waals surface area contributed by atoms with E-state index in [9.17, 15) is 17.6 Å². The van der Waals surface area contributed by atoms with E-state index >= 15 is 0 Å². The lowest BCUT2D eigenvalue weighted by Gasteiger charge is -2.31. The maximum atomic E-state index is 13.3. The Morgan fingerprint density at radius 2 is 1.64 bits per heavy atom. The first kappa shape index (κ1) is 21.9. The number of sulfonamides is 1. The van der Waals surface area contributed by atoms with E-state index in [4.69, 9.17) is 0 Å². The van der Waals surface area contributed by atoms with Crippen molar-refractivity contribution in [1.29, 1.82) is 0 Å². The molecule has 2 rings (SSSR count). The van der Waals surface area contributed by atoms with Gasteiger partial charge in [-0.3, -0.25) is 9.10 Å². The van der Waals surface area contributed by atoms with Gasteiger partial charge in [-0.25, -0.2) is 12.8 Å². The van der Waals surface area contributed by atoms with Crippen LogP contribution in [0.4, 0.5) is 10.1 Å². The fourth-order valence-electron chi connectivity index (χ4n) is 3.08. The molecule has 0 spiro atoms. The number of aryl methyl sites for hydroxylation is 1. The molecule has 0 aliphatic rings. The van der Waals surface area contributed by atoms with Crippen LogP contribution in [0.3, 0.4) is 0 Å². The molecule has 2 atom stereocenters. The normalized spacial score (nSPS) is 13.6. The summed E-state index contributed by atoms with van der Waals surface area (Å²) in [5.41, 5.74) is 2.40. The fraction of sp³-hybridized carbons (Fsp3) is 0.381. The Kier molecular flexibility index (Phi) is 7.18. The molecular formula is C21H27FN2O3S. The molecule has 0 radical (unpaired) electrons. The highest BCUT2D eigenvalue weighted by Crippen LogP contribution is 2.23. The van der Waals surface area contributed by atoms with E-state index in [2.05, 4.69) is 12.2 Å². The molecule has 7 heteroatoms. The molecule has 2 aromatic rings. The molecule has 0 unspecified atom stereocenters. The summed E-state index contributed by atoms with van der Waals surface area (Å²) in [6.45, 7) is 5.67. The molecule has 1 N–H and O–H groups in total. The van der Waals surface area contributed by atoms with Gasteiger partial charge in [0.15, 0.2) is 0 Å². The predicted molar refractivity (Wildman–Crippen MR) is 110 cm³/mol. The average molecular weight is 407 g/mol. The first-order valence-corrected chi connectivity index (χ1v) is 11.2. The van der Waals surface area contributed by atoms with Crippen LogP contribution in [0.5, 0.6) is 0 Å². The summed E-state index contributed by atoms with van der Waals surface area (Å²) < 4.78 is 39.1. The summed E-state index contributed by atoms with van der Waals surface area (Å²) in [7, 11) is -3.75. The zero-order valence-electron chi connectivity index (χ0n) is 16.6. The molecule has 2 aromatic carbocycles. The highest BCUT2D eigenvalue weighted by Gasteiger charge is 2.32. The molecule has 0 aromatic heterocycles. The van der Waals surface area contributed by atoms with E-state index in [1.807, 2.05) is 31.2 Å². The summed E-state index contributed by atoms with van der Waals surface area (Å²) in [6, 6.07) is 11.8. The summed E-state index contributed by atoms with van der Waals surface area (Å²) >= 11 is 0. The summed E-state index contributed by atoms with van der Waals surface area (Å²) in [5.74, 6) is -0.872. The molecule has 0 saturated heterocycles. The number of halogens is 1.